The lowest BCUT2D eigenvalue weighted by Gasteiger charge is -2.08. The molecule has 2 rings (SSSR count). The zero-order valence-corrected chi connectivity index (χ0v) is 14.2. The quantitative estimate of drug-likeness (QED) is 0.634. The molecule has 1 saturated heterocycles. The molecule has 116 valence electrons. The Morgan fingerprint density at radius 3 is 1.90 bits per heavy atom. The van der Waals surface area contributed by atoms with Crippen molar-refractivity contribution < 1.29 is 4.79 Å². The van der Waals surface area contributed by atoms with Crippen molar-refractivity contribution in [2.45, 2.75) is 46.0 Å². The molecule has 20 heavy (non-hydrogen) atoms. The van der Waals surface area contributed by atoms with Gasteiger partial charge in [0.15, 0.2) is 0 Å². The van der Waals surface area contributed by atoms with Crippen LogP contribution in [-0.2, 0) is 11.2 Å². The van der Waals surface area contributed by atoms with Crippen LogP contribution in [0.15, 0.2) is 30.3 Å². The normalized spacial score (nSPS) is 12.4. The topological polar surface area (TPSA) is 29.1 Å². The van der Waals surface area contributed by atoms with Crippen LogP contribution in [0.4, 0.5) is 0 Å². The van der Waals surface area contributed by atoms with Crippen LogP contribution < -0.4 is 5.32 Å². The molecule has 1 aliphatic rings. The molecule has 1 aliphatic heterocycles. The van der Waals surface area contributed by atoms with Gasteiger partial charge in [0, 0.05) is 0 Å². The maximum Gasteiger partial charge on any atom is 0.116 e. The molecular formula is C17H31NOS. The Morgan fingerprint density at radius 2 is 1.60 bits per heavy atom. The van der Waals surface area contributed by atoms with Crippen LogP contribution in [0.2, 0.25) is 0 Å². The average Bonchev–Trinajstić information content (AvgIpc) is 2.54. The fourth-order valence-corrected chi connectivity index (χ4v) is 1.74. The van der Waals surface area contributed by atoms with Crippen LogP contribution >= 0.6 is 12.6 Å². The predicted octanol–water partition coefficient (Wildman–Crippen LogP) is 4.15. The first kappa shape index (κ1) is 21.5. The minimum absolute atomic E-state index is 0.750. The predicted molar refractivity (Wildman–Crippen MR) is 93.8 cm³/mol. The second-order valence-electron chi connectivity index (χ2n) is 4.28. The number of aryl methyl sites for hydroxylation is 1. The lowest BCUT2D eigenvalue weighted by Crippen LogP contribution is -2.21. The molecule has 3 heteroatoms. The number of hydrogen-bond acceptors (Lipinski definition) is 3. The molecule has 1 fully saturated rings. The lowest BCUT2D eigenvalue weighted by molar-refractivity contribution is -0.106. The summed E-state index contributed by atoms with van der Waals surface area (Å²) in [5.74, 6) is 0. The number of hydrogen-bond donors (Lipinski definition) is 2. The SMILES string of the molecule is C1CCNCC1.CC=O.CCCc1ccccc1.CS. The van der Waals surface area contributed by atoms with Gasteiger partial charge in [0.05, 0.1) is 0 Å². The zero-order valence-electron chi connectivity index (χ0n) is 13.3. The first-order chi connectivity index (χ1) is 9.85. The van der Waals surface area contributed by atoms with Crippen molar-refractivity contribution in [2.24, 2.45) is 0 Å². The zero-order chi connectivity index (χ0) is 15.5. The highest BCUT2D eigenvalue weighted by molar-refractivity contribution is 7.79. The van der Waals surface area contributed by atoms with Crippen molar-refractivity contribution in [2.75, 3.05) is 19.3 Å². The van der Waals surface area contributed by atoms with Crippen LogP contribution in [0.5, 0.6) is 0 Å². The van der Waals surface area contributed by atoms with Crippen LogP contribution in [0.3, 0.4) is 0 Å². The minimum Gasteiger partial charge on any atom is -0.317 e. The van der Waals surface area contributed by atoms with Gasteiger partial charge in [0.2, 0.25) is 0 Å². The molecule has 0 radical (unpaired) electrons. The van der Waals surface area contributed by atoms with E-state index in [2.05, 4.69) is 55.2 Å². The van der Waals surface area contributed by atoms with Gasteiger partial charge in [-0.25, -0.2) is 0 Å². The minimum atomic E-state index is 0.750. The van der Waals surface area contributed by atoms with E-state index in [0.29, 0.717) is 0 Å². The molecule has 0 bridgehead atoms. The summed E-state index contributed by atoms with van der Waals surface area (Å²) < 4.78 is 0. The van der Waals surface area contributed by atoms with Crippen molar-refractivity contribution in [3.05, 3.63) is 35.9 Å². The van der Waals surface area contributed by atoms with E-state index in [0.717, 1.165) is 6.29 Å². The Bertz CT molecular complexity index is 262. The molecule has 0 atom stereocenters. The summed E-state index contributed by atoms with van der Waals surface area (Å²) in [7, 11) is 0. The van der Waals surface area contributed by atoms with Gasteiger partial charge in [0.25, 0.3) is 0 Å². The van der Waals surface area contributed by atoms with Crippen molar-refractivity contribution in [3.63, 3.8) is 0 Å². The van der Waals surface area contributed by atoms with E-state index < -0.39 is 0 Å². The first-order valence-corrected chi connectivity index (χ1v) is 8.33. The molecule has 1 heterocycles. The first-order valence-electron chi connectivity index (χ1n) is 7.44. The number of piperidine rings is 1. The fraction of sp³-hybridized carbons (Fsp3) is 0.588. The fourth-order valence-electron chi connectivity index (χ4n) is 1.74. The number of thiol groups is 1. The van der Waals surface area contributed by atoms with E-state index in [1.807, 2.05) is 0 Å². The summed E-state index contributed by atoms with van der Waals surface area (Å²) in [5, 5.41) is 3.28. The summed E-state index contributed by atoms with van der Waals surface area (Å²) in [6.45, 7) is 6.15. The van der Waals surface area contributed by atoms with E-state index in [4.69, 9.17) is 4.79 Å². The summed E-state index contributed by atoms with van der Waals surface area (Å²) in [4.78, 5) is 8.81. The summed E-state index contributed by atoms with van der Waals surface area (Å²) >= 11 is 3.53. The second-order valence-corrected chi connectivity index (χ2v) is 4.28. The number of nitrogens with one attached hydrogen (secondary N) is 1. The van der Waals surface area contributed by atoms with Gasteiger partial charge in [-0.15, -0.1) is 0 Å². The highest BCUT2D eigenvalue weighted by atomic mass is 32.1. The third-order valence-corrected chi connectivity index (χ3v) is 2.59. The number of aldehydes is 1. The maximum absolute atomic E-state index is 8.81. The van der Waals surface area contributed by atoms with E-state index in [-0.39, 0.29) is 0 Å². The van der Waals surface area contributed by atoms with Gasteiger partial charge in [0.1, 0.15) is 6.29 Å². The van der Waals surface area contributed by atoms with Gasteiger partial charge in [-0.3, -0.25) is 0 Å². The standard InChI is InChI=1S/C9H12.C5H11N.C2H4O.CH4S/c1-2-6-9-7-4-3-5-8-9;1-2-4-6-5-3-1;1-2-3;1-2/h3-5,7-8H,2,6H2,1H3;6H,1-5H2;2H,1H3;2H,1H3. The summed E-state index contributed by atoms with van der Waals surface area (Å²) in [5.41, 5.74) is 1.44. The number of benzene rings is 1. The van der Waals surface area contributed by atoms with Crippen molar-refractivity contribution in [1.82, 2.24) is 5.32 Å². The number of carbonyl (C=O) groups excluding carboxylic acids is 1. The van der Waals surface area contributed by atoms with E-state index in [1.54, 1.807) is 6.26 Å². The molecule has 0 spiro atoms. The highest BCUT2D eigenvalue weighted by Crippen LogP contribution is 2.00. The third-order valence-electron chi connectivity index (χ3n) is 2.59. The average molecular weight is 298 g/mol. The van der Waals surface area contributed by atoms with Crippen LogP contribution in [-0.4, -0.2) is 25.6 Å². The molecular weight excluding hydrogens is 266 g/mol. The third kappa shape index (κ3) is 17.2. The van der Waals surface area contributed by atoms with Gasteiger partial charge in [-0.05, 0) is 51.1 Å². The Labute approximate surface area is 130 Å². The Kier molecular flexibility index (Phi) is 22.1. The summed E-state index contributed by atoms with van der Waals surface area (Å²) in [6.07, 6.45) is 9.11. The molecule has 1 aromatic carbocycles. The largest absolute Gasteiger partial charge is 0.317 e. The van der Waals surface area contributed by atoms with Crippen LogP contribution in [0, 0.1) is 0 Å². The van der Waals surface area contributed by atoms with Crippen LogP contribution in [0.25, 0.3) is 0 Å². The van der Waals surface area contributed by atoms with E-state index in [1.165, 1.54) is 57.7 Å². The molecule has 0 aromatic heterocycles. The molecule has 0 saturated carbocycles. The van der Waals surface area contributed by atoms with Crippen LogP contribution in [0.1, 0.15) is 45.1 Å². The van der Waals surface area contributed by atoms with E-state index >= 15 is 0 Å². The monoisotopic (exact) mass is 297 g/mol. The van der Waals surface area contributed by atoms with Crippen molar-refractivity contribution in [3.8, 4) is 0 Å². The Hall–Kier alpha value is -0.800. The smallest absolute Gasteiger partial charge is 0.116 e. The maximum atomic E-state index is 8.81. The van der Waals surface area contributed by atoms with Gasteiger partial charge in [-0.2, -0.15) is 12.6 Å². The second kappa shape index (κ2) is 20.5. The van der Waals surface area contributed by atoms with Gasteiger partial charge < -0.3 is 10.1 Å². The molecule has 1 aromatic rings. The summed E-state index contributed by atoms with van der Waals surface area (Å²) in [6, 6.07) is 10.6. The van der Waals surface area contributed by atoms with Crippen molar-refractivity contribution in [1.29, 1.82) is 0 Å². The number of carbonyl (C=O) groups is 1. The molecule has 0 aliphatic carbocycles. The Balaban J connectivity index is 0. The number of rotatable bonds is 2. The van der Waals surface area contributed by atoms with E-state index in [9.17, 15) is 0 Å². The van der Waals surface area contributed by atoms with Crippen molar-refractivity contribution >= 4 is 18.9 Å². The molecule has 2 nitrogen and oxygen atoms in total. The Morgan fingerprint density at radius 1 is 1.10 bits per heavy atom. The molecule has 0 unspecified atom stereocenters. The highest BCUT2D eigenvalue weighted by Gasteiger charge is 1.93. The van der Waals surface area contributed by atoms with Gasteiger partial charge >= 0.3 is 0 Å². The lowest BCUT2D eigenvalue weighted by atomic mass is 10.1. The molecule has 1 N–H and O–H groups in total. The molecule has 0 amide bonds. The van der Waals surface area contributed by atoms with Gasteiger partial charge in [-0.1, -0.05) is 50.1 Å².